The van der Waals surface area contributed by atoms with E-state index in [0.29, 0.717) is 33.7 Å². The maximum Gasteiger partial charge on any atom is 0.261 e. The van der Waals surface area contributed by atoms with Crippen LogP contribution in [0.15, 0.2) is 59.5 Å². The molecule has 0 saturated carbocycles. The molecule has 0 spiro atoms. The van der Waals surface area contributed by atoms with Gasteiger partial charge >= 0.3 is 0 Å². The van der Waals surface area contributed by atoms with E-state index in [9.17, 15) is 15.2 Å². The fraction of sp³-hybridized carbons (Fsp3) is 0.136. The number of aliphatic hydroxyl groups is 1. The fourth-order valence-corrected chi connectivity index (χ4v) is 3.33. The number of nitriles is 1. The van der Waals surface area contributed by atoms with Gasteiger partial charge < -0.3 is 20.4 Å². The molecule has 0 fully saturated rings. The van der Waals surface area contributed by atoms with Gasteiger partial charge in [-0.15, -0.1) is 0 Å². The number of rotatable bonds is 5. The average Bonchev–Trinajstić information content (AvgIpc) is 3.16. The molecule has 2 heterocycles. The molecule has 2 aromatic carbocycles. The number of hydrogen-bond acceptors (Lipinski definition) is 5. The Morgan fingerprint density at radius 2 is 2.03 bits per heavy atom. The molecule has 0 aliphatic rings. The Morgan fingerprint density at radius 3 is 2.79 bits per heavy atom. The van der Waals surface area contributed by atoms with E-state index in [2.05, 4.69) is 26.3 Å². The van der Waals surface area contributed by atoms with Crippen molar-refractivity contribution in [3.05, 3.63) is 81.8 Å². The number of aromatic nitrogens is 3. The van der Waals surface area contributed by atoms with E-state index >= 15 is 0 Å². The van der Waals surface area contributed by atoms with Gasteiger partial charge in [-0.3, -0.25) is 4.79 Å². The molecule has 0 aliphatic carbocycles. The maximum atomic E-state index is 12.6. The van der Waals surface area contributed by atoms with Crippen LogP contribution in [0.1, 0.15) is 22.8 Å². The van der Waals surface area contributed by atoms with Crippen LogP contribution in [0, 0.1) is 18.3 Å². The SMILES string of the molecule is Cc1cc(C#N)cc2[nH]c(-c3c(NC[C@@H](O)c4ccccc4)cc[nH]c3=O)nc12. The van der Waals surface area contributed by atoms with Gasteiger partial charge in [-0.1, -0.05) is 30.3 Å². The number of benzene rings is 2. The second kappa shape index (κ2) is 7.62. The molecule has 2 aromatic heterocycles. The van der Waals surface area contributed by atoms with Crippen molar-refractivity contribution >= 4 is 16.7 Å². The van der Waals surface area contributed by atoms with E-state index in [-0.39, 0.29) is 12.1 Å². The van der Waals surface area contributed by atoms with Gasteiger partial charge in [-0.05, 0) is 36.2 Å². The highest BCUT2D eigenvalue weighted by atomic mass is 16.3. The Kier molecular flexibility index (Phi) is 4.85. The minimum Gasteiger partial charge on any atom is -0.387 e. The zero-order valence-electron chi connectivity index (χ0n) is 15.7. The van der Waals surface area contributed by atoms with Crippen molar-refractivity contribution in [1.82, 2.24) is 15.0 Å². The Labute approximate surface area is 166 Å². The van der Waals surface area contributed by atoms with Gasteiger partial charge in [0.25, 0.3) is 5.56 Å². The predicted octanol–water partition coefficient (Wildman–Crippen LogP) is 3.24. The number of pyridine rings is 1. The second-order valence-electron chi connectivity index (χ2n) is 6.79. The van der Waals surface area contributed by atoms with Gasteiger partial charge in [-0.25, -0.2) is 4.98 Å². The molecule has 4 N–H and O–H groups in total. The van der Waals surface area contributed by atoms with E-state index in [4.69, 9.17) is 0 Å². The highest BCUT2D eigenvalue weighted by Gasteiger charge is 2.16. The highest BCUT2D eigenvalue weighted by Crippen LogP contribution is 2.27. The fourth-order valence-electron chi connectivity index (χ4n) is 3.33. The summed E-state index contributed by atoms with van der Waals surface area (Å²) in [5.74, 6) is 0.400. The molecule has 7 heteroatoms. The van der Waals surface area contributed by atoms with Gasteiger partial charge in [0.2, 0.25) is 0 Å². The number of aliphatic hydroxyl groups excluding tert-OH is 1. The lowest BCUT2D eigenvalue weighted by Gasteiger charge is -2.14. The van der Waals surface area contributed by atoms with E-state index in [0.717, 1.165) is 11.1 Å². The summed E-state index contributed by atoms with van der Waals surface area (Å²) >= 11 is 0. The van der Waals surface area contributed by atoms with Crippen LogP contribution >= 0.6 is 0 Å². The van der Waals surface area contributed by atoms with Crippen LogP contribution in [-0.2, 0) is 0 Å². The Bertz CT molecular complexity index is 1270. The van der Waals surface area contributed by atoms with Crippen LogP contribution in [0.5, 0.6) is 0 Å². The number of nitrogens with zero attached hydrogens (tertiary/aromatic N) is 2. The molecular formula is C22H19N5O2. The number of H-pyrrole nitrogens is 2. The molecule has 1 atom stereocenters. The number of imidazole rings is 1. The van der Waals surface area contributed by atoms with Crippen LogP contribution in [0.4, 0.5) is 5.69 Å². The van der Waals surface area contributed by atoms with Gasteiger partial charge in [0.15, 0.2) is 0 Å². The smallest absolute Gasteiger partial charge is 0.261 e. The first-order valence-corrected chi connectivity index (χ1v) is 9.16. The van der Waals surface area contributed by atoms with Crippen molar-refractivity contribution in [2.24, 2.45) is 0 Å². The third-order valence-electron chi connectivity index (χ3n) is 4.77. The Morgan fingerprint density at radius 1 is 1.24 bits per heavy atom. The Balaban J connectivity index is 1.70. The zero-order chi connectivity index (χ0) is 20.4. The molecule has 0 amide bonds. The third-order valence-corrected chi connectivity index (χ3v) is 4.77. The minimum atomic E-state index is -0.723. The Hall–Kier alpha value is -3.89. The number of hydrogen-bond donors (Lipinski definition) is 4. The van der Waals surface area contributed by atoms with Gasteiger partial charge in [-0.2, -0.15) is 5.26 Å². The number of aromatic amines is 2. The molecule has 29 heavy (non-hydrogen) atoms. The topological polar surface area (TPSA) is 118 Å². The largest absolute Gasteiger partial charge is 0.387 e. The minimum absolute atomic E-state index is 0.234. The summed E-state index contributed by atoms with van der Waals surface area (Å²) < 4.78 is 0. The molecule has 0 saturated heterocycles. The summed E-state index contributed by atoms with van der Waals surface area (Å²) in [6.07, 6.45) is 0.824. The lowest BCUT2D eigenvalue weighted by atomic mass is 10.1. The summed E-state index contributed by atoms with van der Waals surface area (Å²) in [5.41, 5.74) is 4.16. The first-order chi connectivity index (χ1) is 14.1. The standard InChI is InChI=1S/C22H19N5O2/c1-13-9-14(11-23)10-17-20(13)27-21(26-17)19-16(7-8-24-22(19)29)25-12-18(28)15-5-3-2-4-6-15/h2-10,18,28H,12H2,1H3,(H,26,27)(H2,24,25,29)/t18-/m1/s1. The summed E-state index contributed by atoms with van der Waals surface area (Å²) in [6.45, 7) is 2.11. The summed E-state index contributed by atoms with van der Waals surface area (Å²) in [7, 11) is 0. The number of nitrogens with one attached hydrogen (secondary N) is 3. The number of anilines is 1. The van der Waals surface area contributed by atoms with Crippen LogP contribution in [-0.4, -0.2) is 26.6 Å². The lowest BCUT2D eigenvalue weighted by Crippen LogP contribution is -2.17. The molecule has 0 bridgehead atoms. The number of fused-ring (bicyclic) bond motifs is 1. The monoisotopic (exact) mass is 385 g/mol. The van der Waals surface area contributed by atoms with Crippen LogP contribution < -0.4 is 10.9 Å². The lowest BCUT2D eigenvalue weighted by molar-refractivity contribution is 0.191. The first kappa shape index (κ1) is 18.5. The first-order valence-electron chi connectivity index (χ1n) is 9.16. The molecule has 0 unspecified atom stereocenters. The molecule has 0 aliphatic heterocycles. The normalized spacial score (nSPS) is 11.9. The van der Waals surface area contributed by atoms with Crippen molar-refractivity contribution in [2.45, 2.75) is 13.0 Å². The van der Waals surface area contributed by atoms with E-state index in [1.54, 1.807) is 24.4 Å². The predicted molar refractivity (Wildman–Crippen MR) is 111 cm³/mol. The third kappa shape index (κ3) is 3.61. The molecule has 0 radical (unpaired) electrons. The van der Waals surface area contributed by atoms with Crippen molar-refractivity contribution < 1.29 is 5.11 Å². The van der Waals surface area contributed by atoms with Crippen molar-refractivity contribution in [1.29, 1.82) is 5.26 Å². The molecule has 4 aromatic rings. The van der Waals surface area contributed by atoms with Gasteiger partial charge in [0.1, 0.15) is 11.4 Å². The highest BCUT2D eigenvalue weighted by molar-refractivity contribution is 5.85. The van der Waals surface area contributed by atoms with Crippen molar-refractivity contribution in [3.63, 3.8) is 0 Å². The summed E-state index contributed by atoms with van der Waals surface area (Å²) in [5, 5.41) is 22.7. The quantitative estimate of drug-likeness (QED) is 0.421. The molecular weight excluding hydrogens is 366 g/mol. The molecule has 4 rings (SSSR count). The van der Waals surface area contributed by atoms with Crippen LogP contribution in [0.2, 0.25) is 0 Å². The maximum absolute atomic E-state index is 12.6. The van der Waals surface area contributed by atoms with Crippen LogP contribution in [0.25, 0.3) is 22.4 Å². The second-order valence-corrected chi connectivity index (χ2v) is 6.79. The summed E-state index contributed by atoms with van der Waals surface area (Å²) in [6, 6.07) is 16.6. The summed E-state index contributed by atoms with van der Waals surface area (Å²) in [4.78, 5) is 23.0. The van der Waals surface area contributed by atoms with Gasteiger partial charge in [0.05, 0.1) is 34.5 Å². The van der Waals surface area contributed by atoms with E-state index < -0.39 is 6.10 Å². The van der Waals surface area contributed by atoms with E-state index in [1.807, 2.05) is 37.3 Å². The van der Waals surface area contributed by atoms with E-state index in [1.165, 1.54) is 0 Å². The average molecular weight is 385 g/mol. The zero-order valence-corrected chi connectivity index (χ0v) is 15.7. The molecule has 144 valence electrons. The molecule has 7 nitrogen and oxygen atoms in total. The van der Waals surface area contributed by atoms with Gasteiger partial charge in [0, 0.05) is 12.7 Å². The van der Waals surface area contributed by atoms with Crippen molar-refractivity contribution in [2.75, 3.05) is 11.9 Å². The van der Waals surface area contributed by atoms with Crippen molar-refractivity contribution in [3.8, 4) is 17.5 Å². The number of aryl methyl sites for hydroxylation is 1. The van der Waals surface area contributed by atoms with Crippen LogP contribution in [0.3, 0.4) is 0 Å².